The van der Waals surface area contributed by atoms with Crippen LogP contribution in [-0.4, -0.2) is 48.2 Å². The van der Waals surface area contributed by atoms with Crippen LogP contribution in [0.1, 0.15) is 38.1 Å². The van der Waals surface area contributed by atoms with Crippen LogP contribution in [0.15, 0.2) is 24.3 Å². The number of ketones is 1. The molecule has 0 fully saturated rings. The Labute approximate surface area is 137 Å². The number of rotatable bonds is 6. The van der Waals surface area contributed by atoms with Crippen molar-refractivity contribution < 1.29 is 14.4 Å². The summed E-state index contributed by atoms with van der Waals surface area (Å²) in [5, 5.41) is 5.79. The Morgan fingerprint density at radius 3 is 2.13 bits per heavy atom. The van der Waals surface area contributed by atoms with Gasteiger partial charge in [-0.2, -0.15) is 0 Å². The van der Waals surface area contributed by atoms with Gasteiger partial charge in [0, 0.05) is 23.8 Å². The van der Waals surface area contributed by atoms with Crippen molar-refractivity contribution in [3.05, 3.63) is 29.8 Å². The van der Waals surface area contributed by atoms with Crippen LogP contribution in [0.3, 0.4) is 0 Å². The maximum atomic E-state index is 12.0. The molecule has 0 atom stereocenters. The molecule has 0 bridgehead atoms. The molecule has 0 aliphatic rings. The summed E-state index contributed by atoms with van der Waals surface area (Å²) < 4.78 is 0. The van der Waals surface area contributed by atoms with Gasteiger partial charge in [-0.15, -0.1) is 0 Å². The Bertz CT molecular complexity index is 574. The fraction of sp³-hybridized carbons (Fsp3) is 0.471. The SMILES string of the molecule is CC(=O)c1ccc(NCC(=O)N(C)CC(=O)NC(C)(C)C)cc1. The first-order valence-electron chi connectivity index (χ1n) is 7.48. The summed E-state index contributed by atoms with van der Waals surface area (Å²) >= 11 is 0. The summed E-state index contributed by atoms with van der Waals surface area (Å²) in [5.74, 6) is -0.388. The van der Waals surface area contributed by atoms with Gasteiger partial charge in [-0.05, 0) is 52.0 Å². The number of likely N-dealkylation sites (N-methyl/N-ethyl adjacent to an activating group) is 1. The van der Waals surface area contributed by atoms with E-state index in [2.05, 4.69) is 10.6 Å². The zero-order valence-corrected chi connectivity index (χ0v) is 14.4. The van der Waals surface area contributed by atoms with E-state index in [9.17, 15) is 14.4 Å². The van der Waals surface area contributed by atoms with E-state index in [4.69, 9.17) is 0 Å². The first-order chi connectivity index (χ1) is 10.6. The number of anilines is 1. The van der Waals surface area contributed by atoms with Crippen molar-refractivity contribution in [3.8, 4) is 0 Å². The van der Waals surface area contributed by atoms with Crippen molar-refractivity contribution in [2.45, 2.75) is 33.2 Å². The smallest absolute Gasteiger partial charge is 0.242 e. The number of carbonyl (C=O) groups is 3. The lowest BCUT2D eigenvalue weighted by atomic mass is 10.1. The normalized spacial score (nSPS) is 10.8. The molecule has 0 radical (unpaired) electrons. The summed E-state index contributed by atoms with van der Waals surface area (Å²) in [6.07, 6.45) is 0. The number of nitrogens with zero attached hydrogens (tertiary/aromatic N) is 1. The minimum absolute atomic E-state index is 0.00257. The highest BCUT2D eigenvalue weighted by Crippen LogP contribution is 2.09. The molecule has 6 nitrogen and oxygen atoms in total. The molecule has 2 amide bonds. The van der Waals surface area contributed by atoms with Gasteiger partial charge in [-0.25, -0.2) is 0 Å². The Morgan fingerprint density at radius 1 is 1.09 bits per heavy atom. The summed E-state index contributed by atoms with van der Waals surface area (Å²) in [7, 11) is 1.59. The van der Waals surface area contributed by atoms with E-state index in [0.29, 0.717) is 5.56 Å². The zero-order valence-electron chi connectivity index (χ0n) is 14.4. The number of hydrogen-bond acceptors (Lipinski definition) is 4. The predicted molar refractivity (Wildman–Crippen MR) is 90.5 cm³/mol. The lowest BCUT2D eigenvalue weighted by Crippen LogP contribution is -2.47. The van der Waals surface area contributed by atoms with Gasteiger partial charge in [0.1, 0.15) is 0 Å². The molecule has 0 unspecified atom stereocenters. The second-order valence-corrected chi connectivity index (χ2v) is 6.54. The van der Waals surface area contributed by atoms with Crippen LogP contribution < -0.4 is 10.6 Å². The highest BCUT2D eigenvalue weighted by molar-refractivity contribution is 5.94. The molecule has 23 heavy (non-hydrogen) atoms. The lowest BCUT2D eigenvalue weighted by Gasteiger charge is -2.23. The number of hydrogen-bond donors (Lipinski definition) is 2. The maximum Gasteiger partial charge on any atom is 0.242 e. The van der Waals surface area contributed by atoms with E-state index < -0.39 is 0 Å². The van der Waals surface area contributed by atoms with Gasteiger partial charge in [-0.3, -0.25) is 14.4 Å². The monoisotopic (exact) mass is 319 g/mol. The van der Waals surface area contributed by atoms with E-state index in [1.165, 1.54) is 11.8 Å². The van der Waals surface area contributed by atoms with Gasteiger partial charge in [0.15, 0.2) is 5.78 Å². The highest BCUT2D eigenvalue weighted by atomic mass is 16.2. The fourth-order valence-corrected chi connectivity index (χ4v) is 1.90. The first kappa shape index (κ1) is 18.7. The van der Waals surface area contributed by atoms with Crippen LogP contribution in [0.4, 0.5) is 5.69 Å². The molecule has 6 heteroatoms. The minimum atomic E-state index is -0.322. The third-order valence-electron chi connectivity index (χ3n) is 3.06. The molecule has 0 aromatic heterocycles. The zero-order chi connectivity index (χ0) is 17.6. The van der Waals surface area contributed by atoms with E-state index in [1.807, 2.05) is 20.8 Å². The molecule has 0 saturated carbocycles. The topological polar surface area (TPSA) is 78.5 Å². The Balaban J connectivity index is 2.46. The van der Waals surface area contributed by atoms with Gasteiger partial charge in [0.05, 0.1) is 13.1 Å². The van der Waals surface area contributed by atoms with Crippen molar-refractivity contribution in [1.82, 2.24) is 10.2 Å². The minimum Gasteiger partial charge on any atom is -0.376 e. The van der Waals surface area contributed by atoms with Crippen molar-refractivity contribution >= 4 is 23.3 Å². The molecule has 1 aromatic carbocycles. The lowest BCUT2D eigenvalue weighted by molar-refractivity contribution is -0.133. The fourth-order valence-electron chi connectivity index (χ4n) is 1.90. The number of nitrogens with one attached hydrogen (secondary N) is 2. The molecule has 1 aromatic rings. The van der Waals surface area contributed by atoms with Crippen LogP contribution in [-0.2, 0) is 9.59 Å². The predicted octanol–water partition coefficient (Wildman–Crippen LogP) is 1.67. The average molecular weight is 319 g/mol. The van der Waals surface area contributed by atoms with Gasteiger partial charge in [0.2, 0.25) is 11.8 Å². The Kier molecular flexibility index (Phi) is 6.30. The Morgan fingerprint density at radius 2 is 1.65 bits per heavy atom. The summed E-state index contributed by atoms with van der Waals surface area (Å²) in [5.41, 5.74) is 1.05. The molecule has 0 aliphatic carbocycles. The summed E-state index contributed by atoms with van der Waals surface area (Å²) in [4.78, 5) is 36.4. The van der Waals surface area contributed by atoms with Crippen LogP contribution in [0.2, 0.25) is 0 Å². The number of Topliss-reactive ketones (excluding diaryl/α,β-unsaturated/α-hetero) is 1. The molecule has 2 N–H and O–H groups in total. The third kappa shape index (κ3) is 6.95. The number of benzene rings is 1. The van der Waals surface area contributed by atoms with Crippen molar-refractivity contribution in [3.63, 3.8) is 0 Å². The Hall–Kier alpha value is -2.37. The highest BCUT2D eigenvalue weighted by Gasteiger charge is 2.17. The van der Waals surface area contributed by atoms with Crippen LogP contribution in [0.5, 0.6) is 0 Å². The van der Waals surface area contributed by atoms with Crippen molar-refractivity contribution in [2.24, 2.45) is 0 Å². The summed E-state index contributed by atoms with van der Waals surface area (Å²) in [6, 6.07) is 6.90. The maximum absolute atomic E-state index is 12.0. The van der Waals surface area contributed by atoms with Gasteiger partial charge in [0.25, 0.3) is 0 Å². The van der Waals surface area contributed by atoms with Gasteiger partial charge < -0.3 is 15.5 Å². The molecule has 0 heterocycles. The number of carbonyl (C=O) groups excluding carboxylic acids is 3. The van der Waals surface area contributed by atoms with Crippen LogP contribution in [0, 0.1) is 0 Å². The second-order valence-electron chi connectivity index (χ2n) is 6.54. The van der Waals surface area contributed by atoms with Crippen molar-refractivity contribution in [2.75, 3.05) is 25.5 Å². The molecule has 1 rings (SSSR count). The van der Waals surface area contributed by atoms with Crippen molar-refractivity contribution in [1.29, 1.82) is 0 Å². The molecule has 0 saturated heterocycles. The molecular formula is C17H25N3O3. The molecule has 0 aliphatic heterocycles. The first-order valence-corrected chi connectivity index (χ1v) is 7.48. The number of amides is 2. The van der Waals surface area contributed by atoms with Gasteiger partial charge in [-0.1, -0.05) is 0 Å². The van der Waals surface area contributed by atoms with E-state index in [1.54, 1.807) is 31.3 Å². The van der Waals surface area contributed by atoms with Crippen LogP contribution in [0.25, 0.3) is 0 Å². The van der Waals surface area contributed by atoms with E-state index >= 15 is 0 Å². The standard InChI is InChI=1S/C17H25N3O3/c1-12(21)13-6-8-14(9-7-13)18-10-16(23)20(5)11-15(22)19-17(2,3)4/h6-9,18H,10-11H2,1-5H3,(H,19,22). The van der Waals surface area contributed by atoms with E-state index in [0.717, 1.165) is 5.69 Å². The molecule has 126 valence electrons. The second kappa shape index (κ2) is 7.76. The molecular weight excluding hydrogens is 294 g/mol. The summed E-state index contributed by atoms with van der Waals surface area (Å²) in [6.45, 7) is 7.26. The molecule has 0 spiro atoms. The van der Waals surface area contributed by atoms with Gasteiger partial charge >= 0.3 is 0 Å². The quantitative estimate of drug-likeness (QED) is 0.782. The van der Waals surface area contributed by atoms with Crippen LogP contribution >= 0.6 is 0 Å². The largest absolute Gasteiger partial charge is 0.376 e. The van der Waals surface area contributed by atoms with E-state index in [-0.39, 0.29) is 36.2 Å². The average Bonchev–Trinajstić information content (AvgIpc) is 2.42. The third-order valence-corrected chi connectivity index (χ3v) is 3.06.